The molecule has 0 radical (unpaired) electrons. The van der Waals surface area contributed by atoms with Crippen LogP contribution in [0.15, 0.2) is 88.8 Å². The van der Waals surface area contributed by atoms with E-state index < -0.39 is 0 Å². The molecule has 8 heteroatoms. The quantitative estimate of drug-likeness (QED) is 0.405. The summed E-state index contributed by atoms with van der Waals surface area (Å²) in [6.07, 6.45) is 1.43. The minimum absolute atomic E-state index is 0.0721. The first-order valence-corrected chi connectivity index (χ1v) is 10.6. The van der Waals surface area contributed by atoms with Gasteiger partial charge < -0.3 is 9.84 Å². The highest BCUT2D eigenvalue weighted by molar-refractivity contribution is 5.85. The number of benzene rings is 3. The third-order valence-electron chi connectivity index (χ3n) is 5.47. The molecule has 5 rings (SSSR count). The van der Waals surface area contributed by atoms with Gasteiger partial charge >= 0.3 is 0 Å². The predicted molar refractivity (Wildman–Crippen MR) is 131 cm³/mol. The number of para-hydroxylation sites is 2. The van der Waals surface area contributed by atoms with Crippen LogP contribution in [0, 0.1) is 6.92 Å². The number of aryl methyl sites for hydroxylation is 1. The van der Waals surface area contributed by atoms with Crippen molar-refractivity contribution in [3.63, 3.8) is 0 Å². The van der Waals surface area contributed by atoms with Gasteiger partial charge in [-0.3, -0.25) is 4.79 Å². The van der Waals surface area contributed by atoms with Crippen LogP contribution in [0.4, 0.5) is 0 Å². The number of ether oxygens (including phenoxy) is 1. The number of fused-ring (bicyclic) bond motifs is 1. The lowest BCUT2D eigenvalue weighted by Gasteiger charge is -2.10. The van der Waals surface area contributed by atoms with Gasteiger partial charge in [0.25, 0.3) is 5.56 Å². The number of hydrogen-bond acceptors (Lipinski definition) is 6. The average Bonchev–Trinajstić information content (AvgIpc) is 3.17. The zero-order valence-corrected chi connectivity index (χ0v) is 18.6. The van der Waals surface area contributed by atoms with Crippen LogP contribution in [0.5, 0.6) is 11.6 Å². The molecule has 34 heavy (non-hydrogen) atoms. The molecule has 2 aromatic heterocycles. The van der Waals surface area contributed by atoms with E-state index in [4.69, 9.17) is 9.72 Å². The first-order chi connectivity index (χ1) is 16.6. The van der Waals surface area contributed by atoms with Crippen LogP contribution in [-0.4, -0.2) is 37.9 Å². The third-order valence-corrected chi connectivity index (χ3v) is 5.47. The smallest absolute Gasteiger partial charge is 0.282 e. The van der Waals surface area contributed by atoms with Crippen LogP contribution >= 0.6 is 0 Å². The molecular weight excluding hydrogens is 430 g/mol. The second kappa shape index (κ2) is 8.67. The number of nitrogens with zero attached hydrogens (tertiary/aromatic N) is 5. The molecule has 0 aliphatic rings. The molecule has 8 nitrogen and oxygen atoms in total. The number of rotatable bonds is 5. The van der Waals surface area contributed by atoms with E-state index in [0.29, 0.717) is 45.0 Å². The van der Waals surface area contributed by atoms with Crippen molar-refractivity contribution in [1.29, 1.82) is 0 Å². The molecule has 0 aliphatic heterocycles. The summed E-state index contributed by atoms with van der Waals surface area (Å²) < 4.78 is 8.01. The van der Waals surface area contributed by atoms with Crippen LogP contribution in [-0.2, 0) is 0 Å². The third kappa shape index (κ3) is 3.71. The summed E-state index contributed by atoms with van der Waals surface area (Å²) in [7, 11) is 1.58. The molecule has 0 fully saturated rings. The standard InChI is InChI=1S/C26H21N5O3/c1-17-22(26(33)30(29-17)19-10-4-3-5-11-19)16-27-31-24(18-9-8-12-20(15-18)34-2)28-23-14-7-6-13-21(23)25(31)32/h3-16,33H,1-2H3. The molecule has 0 amide bonds. The van der Waals surface area contributed by atoms with Crippen LogP contribution in [0.25, 0.3) is 28.0 Å². The number of aromatic hydroxyl groups is 1. The van der Waals surface area contributed by atoms with Crippen LogP contribution in [0.3, 0.4) is 0 Å². The Hall–Kier alpha value is -4.72. The number of methoxy groups -OCH3 is 1. The van der Waals surface area contributed by atoms with Crippen molar-refractivity contribution in [2.75, 3.05) is 7.11 Å². The topological polar surface area (TPSA) is 94.5 Å². The summed E-state index contributed by atoms with van der Waals surface area (Å²) in [5.74, 6) is 0.914. The molecule has 0 saturated heterocycles. The Morgan fingerprint density at radius 3 is 2.56 bits per heavy atom. The van der Waals surface area contributed by atoms with Crippen molar-refractivity contribution in [2.24, 2.45) is 5.10 Å². The molecule has 5 aromatic rings. The minimum Gasteiger partial charge on any atom is -0.497 e. The summed E-state index contributed by atoms with van der Waals surface area (Å²) in [6, 6.07) is 23.7. The summed E-state index contributed by atoms with van der Waals surface area (Å²) >= 11 is 0. The molecule has 2 heterocycles. The van der Waals surface area contributed by atoms with Gasteiger partial charge in [-0.05, 0) is 43.3 Å². The minimum atomic E-state index is -0.327. The van der Waals surface area contributed by atoms with E-state index >= 15 is 0 Å². The molecule has 168 valence electrons. The lowest BCUT2D eigenvalue weighted by atomic mass is 10.2. The molecule has 0 spiro atoms. The van der Waals surface area contributed by atoms with Gasteiger partial charge in [0, 0.05) is 5.56 Å². The van der Waals surface area contributed by atoms with E-state index in [9.17, 15) is 9.90 Å². The van der Waals surface area contributed by atoms with E-state index in [0.717, 1.165) is 0 Å². The van der Waals surface area contributed by atoms with Gasteiger partial charge in [-0.25, -0.2) is 9.67 Å². The Morgan fingerprint density at radius 2 is 1.76 bits per heavy atom. The molecule has 0 atom stereocenters. The monoisotopic (exact) mass is 451 g/mol. The van der Waals surface area contributed by atoms with Crippen molar-refractivity contribution in [1.82, 2.24) is 19.4 Å². The van der Waals surface area contributed by atoms with Crippen molar-refractivity contribution >= 4 is 17.1 Å². The summed E-state index contributed by atoms with van der Waals surface area (Å²) in [6.45, 7) is 1.77. The van der Waals surface area contributed by atoms with Gasteiger partial charge in [0.15, 0.2) is 5.82 Å². The number of aromatic nitrogens is 4. The Balaban J connectivity index is 1.68. The Morgan fingerprint density at radius 1 is 1.00 bits per heavy atom. The lowest BCUT2D eigenvalue weighted by molar-refractivity contribution is 0.415. The van der Waals surface area contributed by atoms with Crippen LogP contribution in [0.2, 0.25) is 0 Å². The molecular formula is C26H21N5O3. The van der Waals surface area contributed by atoms with Crippen molar-refractivity contribution in [3.05, 3.63) is 100 Å². The highest BCUT2D eigenvalue weighted by Crippen LogP contribution is 2.25. The second-order valence-corrected chi connectivity index (χ2v) is 7.62. The highest BCUT2D eigenvalue weighted by atomic mass is 16.5. The summed E-state index contributed by atoms with van der Waals surface area (Å²) in [4.78, 5) is 18.1. The maximum atomic E-state index is 13.4. The fraction of sp³-hybridized carbons (Fsp3) is 0.0769. The maximum Gasteiger partial charge on any atom is 0.282 e. The van der Waals surface area contributed by atoms with Gasteiger partial charge in [-0.1, -0.05) is 42.5 Å². The first-order valence-electron chi connectivity index (χ1n) is 10.6. The first kappa shape index (κ1) is 21.1. The van der Waals surface area contributed by atoms with Gasteiger partial charge in [0.05, 0.1) is 41.2 Å². The second-order valence-electron chi connectivity index (χ2n) is 7.62. The van der Waals surface area contributed by atoms with E-state index in [1.165, 1.54) is 15.6 Å². The van der Waals surface area contributed by atoms with Crippen molar-refractivity contribution in [2.45, 2.75) is 6.92 Å². The van der Waals surface area contributed by atoms with E-state index in [1.54, 1.807) is 38.3 Å². The van der Waals surface area contributed by atoms with E-state index in [1.807, 2.05) is 54.6 Å². The van der Waals surface area contributed by atoms with Crippen molar-refractivity contribution < 1.29 is 9.84 Å². The van der Waals surface area contributed by atoms with E-state index in [2.05, 4.69) is 10.2 Å². The van der Waals surface area contributed by atoms with Crippen LogP contribution in [0.1, 0.15) is 11.3 Å². The molecule has 1 N–H and O–H groups in total. The Bertz CT molecular complexity index is 1590. The predicted octanol–water partition coefficient (Wildman–Crippen LogP) is 4.15. The summed E-state index contributed by atoms with van der Waals surface area (Å²) in [5.41, 5.74) is 2.58. The summed E-state index contributed by atoms with van der Waals surface area (Å²) in [5, 5.41) is 20.1. The van der Waals surface area contributed by atoms with Gasteiger partial charge in [-0.15, -0.1) is 0 Å². The zero-order chi connectivity index (χ0) is 23.7. The molecule has 0 saturated carbocycles. The zero-order valence-electron chi connectivity index (χ0n) is 18.6. The fourth-order valence-electron chi connectivity index (χ4n) is 3.72. The Labute approximate surface area is 195 Å². The molecule has 3 aromatic carbocycles. The van der Waals surface area contributed by atoms with Gasteiger partial charge in [-0.2, -0.15) is 14.9 Å². The fourth-order valence-corrected chi connectivity index (χ4v) is 3.72. The number of hydrogen-bond donors (Lipinski definition) is 1. The molecule has 0 unspecified atom stereocenters. The van der Waals surface area contributed by atoms with E-state index in [-0.39, 0.29) is 11.4 Å². The Kier molecular flexibility index (Phi) is 5.39. The van der Waals surface area contributed by atoms with Gasteiger partial charge in [0.1, 0.15) is 5.75 Å². The van der Waals surface area contributed by atoms with Gasteiger partial charge in [0.2, 0.25) is 5.88 Å². The maximum absolute atomic E-state index is 13.4. The SMILES string of the molecule is COc1cccc(-c2nc3ccccc3c(=O)n2N=Cc2c(C)nn(-c3ccccc3)c2O)c1. The molecule has 0 aliphatic carbocycles. The normalized spacial score (nSPS) is 11.4. The average molecular weight is 451 g/mol. The van der Waals surface area contributed by atoms with Crippen molar-refractivity contribution in [3.8, 4) is 28.7 Å². The highest BCUT2D eigenvalue weighted by Gasteiger charge is 2.16. The largest absolute Gasteiger partial charge is 0.497 e. The van der Waals surface area contributed by atoms with Crippen LogP contribution < -0.4 is 10.3 Å². The lowest BCUT2D eigenvalue weighted by Crippen LogP contribution is -2.20. The molecule has 0 bridgehead atoms.